The van der Waals surface area contributed by atoms with Crippen LogP contribution < -0.4 is 14.8 Å². The molecule has 0 saturated heterocycles. The number of rotatable bonds is 5. The van der Waals surface area contributed by atoms with Crippen molar-refractivity contribution >= 4 is 17.2 Å². The summed E-state index contributed by atoms with van der Waals surface area (Å²) in [4.78, 5) is 17.1. The van der Waals surface area contributed by atoms with Crippen LogP contribution in [0.1, 0.15) is 42.0 Å². The molecule has 1 fully saturated rings. The molecule has 140 valence electrons. The first-order valence-corrected chi connectivity index (χ1v) is 9.12. The van der Waals surface area contributed by atoms with E-state index >= 15 is 0 Å². The fourth-order valence-corrected chi connectivity index (χ4v) is 3.41. The number of nitrogens with one attached hydrogen (secondary N) is 1. The summed E-state index contributed by atoms with van der Waals surface area (Å²) >= 11 is 0. The molecule has 7 nitrogen and oxygen atoms in total. The molecule has 27 heavy (non-hydrogen) atoms. The van der Waals surface area contributed by atoms with Crippen molar-refractivity contribution < 1.29 is 14.3 Å². The molecule has 1 saturated carbocycles. The first kappa shape index (κ1) is 17.3. The zero-order valence-corrected chi connectivity index (χ0v) is 15.4. The van der Waals surface area contributed by atoms with Gasteiger partial charge in [-0.25, -0.2) is 9.50 Å². The monoisotopic (exact) mass is 366 g/mol. The first-order valence-electron chi connectivity index (χ1n) is 9.12. The smallest absolute Gasteiger partial charge is 0.274 e. The predicted molar refractivity (Wildman–Crippen MR) is 102 cm³/mol. The highest BCUT2D eigenvalue weighted by Crippen LogP contribution is 2.34. The molecular formula is C20H22N4O3. The number of fused-ring (bicyclic) bond motifs is 1. The van der Waals surface area contributed by atoms with Crippen LogP contribution in [0.5, 0.6) is 11.5 Å². The number of ether oxygens (including phenoxy) is 2. The second kappa shape index (κ2) is 7.26. The molecule has 1 aromatic carbocycles. The van der Waals surface area contributed by atoms with Crippen LogP contribution in [0, 0.1) is 6.92 Å². The Balaban J connectivity index is 1.58. The van der Waals surface area contributed by atoms with Gasteiger partial charge in [0.2, 0.25) is 0 Å². The third-order valence-corrected chi connectivity index (χ3v) is 4.72. The number of aromatic nitrogens is 3. The summed E-state index contributed by atoms with van der Waals surface area (Å²) < 4.78 is 13.0. The molecule has 7 heteroatoms. The lowest BCUT2D eigenvalue weighted by Crippen LogP contribution is -2.17. The number of hydrogen-bond acceptors (Lipinski definition) is 5. The van der Waals surface area contributed by atoms with Crippen LogP contribution in [0.4, 0.5) is 5.69 Å². The molecule has 3 aromatic rings. The van der Waals surface area contributed by atoms with E-state index in [1.54, 1.807) is 42.8 Å². The Morgan fingerprint density at radius 3 is 2.78 bits per heavy atom. The van der Waals surface area contributed by atoms with E-state index in [4.69, 9.17) is 9.47 Å². The van der Waals surface area contributed by atoms with Crippen LogP contribution in [0.2, 0.25) is 0 Å². The average Bonchev–Trinajstić information content (AvgIpc) is 3.30. The summed E-state index contributed by atoms with van der Waals surface area (Å²) in [6.45, 7) is 1.80. The van der Waals surface area contributed by atoms with Gasteiger partial charge in [-0.3, -0.25) is 4.79 Å². The second-order valence-corrected chi connectivity index (χ2v) is 6.68. The van der Waals surface area contributed by atoms with Crippen molar-refractivity contribution in [3.05, 3.63) is 47.9 Å². The molecule has 1 N–H and O–H groups in total. The highest BCUT2D eigenvalue weighted by atomic mass is 16.5. The van der Waals surface area contributed by atoms with Crippen LogP contribution in [-0.2, 0) is 0 Å². The Hall–Kier alpha value is -3.09. The molecule has 1 aliphatic carbocycles. The molecule has 0 spiro atoms. The second-order valence-electron chi connectivity index (χ2n) is 6.68. The number of nitrogens with zero attached hydrogens (tertiary/aromatic N) is 3. The highest BCUT2D eigenvalue weighted by Gasteiger charge is 2.19. The van der Waals surface area contributed by atoms with Gasteiger partial charge >= 0.3 is 0 Å². The van der Waals surface area contributed by atoms with E-state index in [0.717, 1.165) is 12.8 Å². The maximum Gasteiger partial charge on any atom is 0.274 e. The number of anilines is 1. The topological polar surface area (TPSA) is 77.8 Å². The predicted octanol–water partition coefficient (Wildman–Crippen LogP) is 3.62. The fraction of sp³-hybridized carbons (Fsp3) is 0.350. The van der Waals surface area contributed by atoms with Crippen molar-refractivity contribution in [3.8, 4) is 11.5 Å². The molecule has 1 amide bonds. The lowest BCUT2D eigenvalue weighted by atomic mass is 10.2. The van der Waals surface area contributed by atoms with Gasteiger partial charge in [-0.2, -0.15) is 5.10 Å². The van der Waals surface area contributed by atoms with Crippen LogP contribution >= 0.6 is 0 Å². The van der Waals surface area contributed by atoms with Gasteiger partial charge in [-0.1, -0.05) is 6.07 Å². The third kappa shape index (κ3) is 3.58. The summed E-state index contributed by atoms with van der Waals surface area (Å²) in [5.41, 5.74) is 1.70. The van der Waals surface area contributed by atoms with Gasteiger partial charge in [0.05, 0.1) is 13.2 Å². The molecule has 0 atom stereocenters. The minimum absolute atomic E-state index is 0.205. The van der Waals surface area contributed by atoms with Crippen molar-refractivity contribution in [2.24, 2.45) is 0 Å². The first-order chi connectivity index (χ1) is 13.1. The minimum atomic E-state index is -0.262. The number of amides is 1. The van der Waals surface area contributed by atoms with Crippen molar-refractivity contribution in [1.29, 1.82) is 0 Å². The molecule has 0 radical (unpaired) electrons. The van der Waals surface area contributed by atoms with E-state index in [1.165, 1.54) is 12.8 Å². The number of hydrogen-bond donors (Lipinski definition) is 1. The maximum atomic E-state index is 12.8. The summed E-state index contributed by atoms with van der Waals surface area (Å²) in [5, 5.41) is 7.20. The number of carbonyl (C=O) groups is 1. The largest absolute Gasteiger partial charge is 0.493 e. The van der Waals surface area contributed by atoms with E-state index in [9.17, 15) is 4.79 Å². The van der Waals surface area contributed by atoms with E-state index < -0.39 is 0 Å². The third-order valence-electron chi connectivity index (χ3n) is 4.72. The number of pyridine rings is 1. The van der Waals surface area contributed by atoms with Gasteiger partial charge in [-0.15, -0.1) is 0 Å². The normalized spacial score (nSPS) is 14.4. The molecule has 4 rings (SSSR count). The van der Waals surface area contributed by atoms with E-state index in [1.807, 2.05) is 12.1 Å². The fourth-order valence-electron chi connectivity index (χ4n) is 3.41. The lowest BCUT2D eigenvalue weighted by Gasteiger charge is -2.17. The Labute approximate surface area is 157 Å². The standard InChI is InChI=1S/C20H22N4O3/c1-13-21-19-9-5-8-16(24(19)23-13)20(25)22-14-10-11-17(26-2)18(12-14)27-15-6-3-4-7-15/h5,8-12,15H,3-4,6-7H2,1-2H3,(H,22,25). The minimum Gasteiger partial charge on any atom is -0.493 e. The molecule has 0 aliphatic heterocycles. The molecule has 2 aromatic heterocycles. The Kier molecular flexibility index (Phi) is 4.66. The average molecular weight is 366 g/mol. The van der Waals surface area contributed by atoms with Gasteiger partial charge in [-0.05, 0) is 56.9 Å². The van der Waals surface area contributed by atoms with E-state index in [0.29, 0.717) is 34.4 Å². The number of methoxy groups -OCH3 is 1. The zero-order valence-electron chi connectivity index (χ0n) is 15.4. The van der Waals surface area contributed by atoms with Gasteiger partial charge in [0.25, 0.3) is 5.91 Å². The van der Waals surface area contributed by atoms with Crippen molar-refractivity contribution in [2.45, 2.75) is 38.7 Å². The molecule has 1 aliphatic rings. The SMILES string of the molecule is COc1ccc(NC(=O)c2cccc3nc(C)nn23)cc1OC1CCCC1. The van der Waals surface area contributed by atoms with Gasteiger partial charge < -0.3 is 14.8 Å². The molecular weight excluding hydrogens is 344 g/mol. The van der Waals surface area contributed by atoms with Crippen LogP contribution in [0.25, 0.3) is 5.65 Å². The van der Waals surface area contributed by atoms with E-state index in [-0.39, 0.29) is 12.0 Å². The van der Waals surface area contributed by atoms with Crippen molar-refractivity contribution in [1.82, 2.24) is 14.6 Å². The maximum absolute atomic E-state index is 12.8. The number of aryl methyl sites for hydroxylation is 1. The van der Waals surface area contributed by atoms with Crippen molar-refractivity contribution in [3.63, 3.8) is 0 Å². The van der Waals surface area contributed by atoms with Gasteiger partial charge in [0, 0.05) is 11.8 Å². The lowest BCUT2D eigenvalue weighted by molar-refractivity contribution is 0.102. The summed E-state index contributed by atoms with van der Waals surface area (Å²) in [7, 11) is 1.61. The Bertz CT molecular complexity index is 977. The highest BCUT2D eigenvalue weighted by molar-refractivity contribution is 6.03. The van der Waals surface area contributed by atoms with Crippen LogP contribution in [-0.4, -0.2) is 33.7 Å². The Morgan fingerprint density at radius 2 is 2.00 bits per heavy atom. The van der Waals surface area contributed by atoms with Crippen LogP contribution in [0.15, 0.2) is 36.4 Å². The molecule has 0 unspecified atom stereocenters. The van der Waals surface area contributed by atoms with Gasteiger partial charge in [0.15, 0.2) is 17.1 Å². The Morgan fingerprint density at radius 1 is 1.19 bits per heavy atom. The molecule has 2 heterocycles. The summed E-state index contributed by atoms with van der Waals surface area (Å²) in [6, 6.07) is 10.7. The summed E-state index contributed by atoms with van der Waals surface area (Å²) in [5.74, 6) is 1.67. The molecule has 0 bridgehead atoms. The number of carbonyl (C=O) groups excluding carboxylic acids is 1. The quantitative estimate of drug-likeness (QED) is 0.746. The van der Waals surface area contributed by atoms with E-state index in [2.05, 4.69) is 15.4 Å². The summed E-state index contributed by atoms with van der Waals surface area (Å²) in [6.07, 6.45) is 4.67. The van der Waals surface area contributed by atoms with Crippen molar-refractivity contribution in [2.75, 3.05) is 12.4 Å². The van der Waals surface area contributed by atoms with Gasteiger partial charge in [0.1, 0.15) is 11.5 Å². The number of benzene rings is 1. The zero-order chi connectivity index (χ0) is 18.8. The van der Waals surface area contributed by atoms with Crippen LogP contribution in [0.3, 0.4) is 0 Å².